The minimum Gasteiger partial charge on any atom is -0.494 e. The van der Waals surface area contributed by atoms with Gasteiger partial charge in [-0.25, -0.2) is 0 Å². The molecule has 0 saturated carbocycles. The van der Waals surface area contributed by atoms with Crippen LogP contribution in [0.3, 0.4) is 0 Å². The Morgan fingerprint density at radius 2 is 1.85 bits per heavy atom. The standard InChI is InChI=1S/C22H24N2OS2/c1-5-14-7-9-15(10-8-14)24-21(26)19-17-13-16(25-6-2)11-12-18(17)23-22(3,4)20(19)27-24/h7-13,23H,5-6H2,1-4H3. The van der Waals surface area contributed by atoms with Gasteiger partial charge >= 0.3 is 0 Å². The molecule has 0 unspecified atom stereocenters. The van der Waals surface area contributed by atoms with E-state index in [1.807, 2.05) is 13.0 Å². The Hall–Kier alpha value is -2.11. The largest absolute Gasteiger partial charge is 0.494 e. The molecule has 0 fully saturated rings. The summed E-state index contributed by atoms with van der Waals surface area (Å²) < 4.78 is 8.77. The molecule has 1 N–H and O–H groups in total. The van der Waals surface area contributed by atoms with Crippen molar-refractivity contribution in [2.45, 2.75) is 39.7 Å². The van der Waals surface area contributed by atoms with Gasteiger partial charge in [-0.05, 0) is 63.1 Å². The summed E-state index contributed by atoms with van der Waals surface area (Å²) in [4.78, 5) is 1.26. The van der Waals surface area contributed by atoms with Crippen molar-refractivity contribution in [2.24, 2.45) is 0 Å². The van der Waals surface area contributed by atoms with Crippen LogP contribution in [0.15, 0.2) is 42.5 Å². The molecule has 1 aromatic heterocycles. The summed E-state index contributed by atoms with van der Waals surface area (Å²) in [5, 5.41) is 3.67. The molecule has 0 aliphatic carbocycles. The fraction of sp³-hybridized carbons (Fsp3) is 0.318. The van der Waals surface area contributed by atoms with E-state index in [1.54, 1.807) is 11.5 Å². The van der Waals surface area contributed by atoms with Crippen LogP contribution in [0.5, 0.6) is 5.75 Å². The van der Waals surface area contributed by atoms with Gasteiger partial charge < -0.3 is 10.1 Å². The SMILES string of the molecule is CCOc1ccc2c(c1)-c1c(sn(-c3ccc(CC)cc3)c1=S)C(C)(C)N2. The predicted octanol–water partition coefficient (Wildman–Crippen LogP) is 6.56. The maximum atomic E-state index is 5.95. The van der Waals surface area contributed by atoms with Crippen LogP contribution in [0.4, 0.5) is 5.69 Å². The van der Waals surface area contributed by atoms with Gasteiger partial charge in [0.05, 0.1) is 22.7 Å². The Kier molecular flexibility index (Phi) is 4.60. The Labute approximate surface area is 169 Å². The molecule has 2 heterocycles. The number of nitrogens with zero attached hydrogens (tertiary/aromatic N) is 1. The Bertz CT molecular complexity index is 1050. The first kappa shape index (κ1) is 18.3. The number of ether oxygens (including phenoxy) is 1. The van der Waals surface area contributed by atoms with Crippen LogP contribution >= 0.6 is 23.8 Å². The number of anilines is 1. The lowest BCUT2D eigenvalue weighted by Crippen LogP contribution is -2.30. The first-order chi connectivity index (χ1) is 12.9. The fourth-order valence-electron chi connectivity index (χ4n) is 3.57. The number of nitrogens with one attached hydrogen (secondary N) is 1. The highest BCUT2D eigenvalue weighted by atomic mass is 32.1. The van der Waals surface area contributed by atoms with Crippen molar-refractivity contribution in [1.29, 1.82) is 0 Å². The maximum Gasteiger partial charge on any atom is 0.129 e. The highest BCUT2D eigenvalue weighted by Crippen LogP contribution is 2.48. The van der Waals surface area contributed by atoms with E-state index in [1.165, 1.54) is 10.4 Å². The maximum absolute atomic E-state index is 5.95. The number of aromatic nitrogens is 1. The lowest BCUT2D eigenvalue weighted by atomic mass is 9.90. The zero-order valence-electron chi connectivity index (χ0n) is 16.1. The van der Waals surface area contributed by atoms with E-state index < -0.39 is 0 Å². The number of hydrogen-bond acceptors (Lipinski definition) is 4. The molecule has 0 saturated heterocycles. The molecule has 2 aromatic carbocycles. The van der Waals surface area contributed by atoms with Crippen LogP contribution in [0.2, 0.25) is 0 Å². The topological polar surface area (TPSA) is 26.2 Å². The molecule has 1 aliphatic rings. The summed E-state index contributed by atoms with van der Waals surface area (Å²) in [5.74, 6) is 0.878. The Morgan fingerprint density at radius 3 is 2.52 bits per heavy atom. The van der Waals surface area contributed by atoms with E-state index >= 15 is 0 Å². The normalized spacial score (nSPS) is 14.2. The molecule has 27 heavy (non-hydrogen) atoms. The zero-order valence-corrected chi connectivity index (χ0v) is 17.8. The molecule has 1 aliphatic heterocycles. The van der Waals surface area contributed by atoms with Gasteiger partial charge in [-0.15, -0.1) is 0 Å². The third-order valence-electron chi connectivity index (χ3n) is 4.97. The van der Waals surface area contributed by atoms with Crippen LogP contribution < -0.4 is 10.1 Å². The van der Waals surface area contributed by atoms with Crippen LogP contribution in [-0.4, -0.2) is 10.6 Å². The molecule has 0 spiro atoms. The number of hydrogen-bond donors (Lipinski definition) is 1. The van der Waals surface area contributed by atoms with E-state index in [2.05, 4.69) is 66.4 Å². The van der Waals surface area contributed by atoms with Crippen LogP contribution in [-0.2, 0) is 12.0 Å². The molecule has 0 amide bonds. The predicted molar refractivity (Wildman–Crippen MR) is 117 cm³/mol. The molecule has 140 valence electrons. The van der Waals surface area contributed by atoms with Crippen molar-refractivity contribution in [1.82, 2.24) is 3.96 Å². The van der Waals surface area contributed by atoms with Crippen molar-refractivity contribution in [3.05, 3.63) is 57.5 Å². The minimum atomic E-state index is -0.178. The fourth-order valence-corrected chi connectivity index (χ4v) is 5.22. The van der Waals surface area contributed by atoms with Gasteiger partial charge in [0.2, 0.25) is 0 Å². The summed E-state index contributed by atoms with van der Waals surface area (Å²) in [5.41, 5.74) is 5.65. The third-order valence-corrected chi connectivity index (χ3v) is 6.95. The molecular weight excluding hydrogens is 372 g/mol. The van der Waals surface area contributed by atoms with Gasteiger partial charge in [0.1, 0.15) is 10.4 Å². The van der Waals surface area contributed by atoms with Gasteiger partial charge in [-0.3, -0.25) is 3.96 Å². The van der Waals surface area contributed by atoms with E-state index in [0.717, 1.165) is 39.3 Å². The monoisotopic (exact) mass is 396 g/mol. The highest BCUT2D eigenvalue weighted by Gasteiger charge is 2.34. The van der Waals surface area contributed by atoms with Crippen molar-refractivity contribution >= 4 is 29.4 Å². The molecule has 4 rings (SSSR count). The van der Waals surface area contributed by atoms with Crippen LogP contribution in [0.25, 0.3) is 16.8 Å². The lowest BCUT2D eigenvalue weighted by molar-refractivity contribution is 0.340. The van der Waals surface area contributed by atoms with Crippen molar-refractivity contribution in [3.63, 3.8) is 0 Å². The van der Waals surface area contributed by atoms with Crippen LogP contribution in [0, 0.1) is 4.64 Å². The molecule has 3 nitrogen and oxygen atoms in total. The summed E-state index contributed by atoms with van der Waals surface area (Å²) in [6.07, 6.45) is 1.04. The van der Waals surface area contributed by atoms with E-state index in [4.69, 9.17) is 17.0 Å². The molecule has 0 bridgehead atoms. The number of aryl methyl sites for hydroxylation is 1. The quantitative estimate of drug-likeness (QED) is 0.506. The number of rotatable bonds is 4. The van der Waals surface area contributed by atoms with Crippen LogP contribution in [0.1, 0.15) is 38.1 Å². The second-order valence-electron chi connectivity index (χ2n) is 7.31. The van der Waals surface area contributed by atoms with Crippen molar-refractivity contribution in [2.75, 3.05) is 11.9 Å². The second-order valence-corrected chi connectivity index (χ2v) is 8.65. The zero-order chi connectivity index (χ0) is 19.2. The number of benzene rings is 2. The average Bonchev–Trinajstić information content (AvgIpc) is 3.01. The van der Waals surface area contributed by atoms with E-state index in [0.29, 0.717) is 6.61 Å². The van der Waals surface area contributed by atoms with Gasteiger partial charge in [-0.2, -0.15) is 0 Å². The van der Waals surface area contributed by atoms with E-state index in [9.17, 15) is 0 Å². The Balaban J connectivity index is 1.91. The lowest BCUT2D eigenvalue weighted by Gasteiger charge is -2.33. The summed E-state index contributed by atoms with van der Waals surface area (Å²) in [7, 11) is 0. The Morgan fingerprint density at radius 1 is 1.11 bits per heavy atom. The molecule has 5 heteroatoms. The molecule has 0 radical (unpaired) electrons. The third kappa shape index (κ3) is 3.09. The van der Waals surface area contributed by atoms with Crippen molar-refractivity contribution < 1.29 is 4.74 Å². The second kappa shape index (κ2) is 6.80. The van der Waals surface area contributed by atoms with Gasteiger partial charge in [0.25, 0.3) is 0 Å². The van der Waals surface area contributed by atoms with Gasteiger partial charge in [-0.1, -0.05) is 42.8 Å². The van der Waals surface area contributed by atoms with Gasteiger partial charge in [0, 0.05) is 16.8 Å². The highest BCUT2D eigenvalue weighted by molar-refractivity contribution is 7.71. The minimum absolute atomic E-state index is 0.178. The molecule has 3 aromatic rings. The van der Waals surface area contributed by atoms with Gasteiger partial charge in [0.15, 0.2) is 0 Å². The first-order valence-electron chi connectivity index (χ1n) is 9.36. The number of fused-ring (bicyclic) bond motifs is 3. The molecule has 0 atom stereocenters. The smallest absolute Gasteiger partial charge is 0.129 e. The van der Waals surface area contributed by atoms with Crippen molar-refractivity contribution in [3.8, 4) is 22.6 Å². The summed E-state index contributed by atoms with van der Waals surface area (Å²) >= 11 is 7.67. The first-order valence-corrected chi connectivity index (χ1v) is 10.5. The average molecular weight is 397 g/mol. The summed E-state index contributed by atoms with van der Waals surface area (Å²) in [6, 6.07) is 14.9. The molecular formula is C22H24N2OS2. The van der Waals surface area contributed by atoms with E-state index in [-0.39, 0.29) is 5.54 Å². The summed E-state index contributed by atoms with van der Waals surface area (Å²) in [6.45, 7) is 9.25.